The summed E-state index contributed by atoms with van der Waals surface area (Å²) in [5.74, 6) is 1.08. The van der Waals surface area contributed by atoms with E-state index >= 15 is 0 Å². The third kappa shape index (κ3) is 4.78. The molecule has 3 aromatic rings. The maximum atomic E-state index is 12.2. The van der Waals surface area contributed by atoms with Gasteiger partial charge in [0.05, 0.1) is 10.7 Å². The lowest BCUT2D eigenvalue weighted by molar-refractivity contribution is -0.384. The summed E-state index contributed by atoms with van der Waals surface area (Å²) in [5, 5.41) is 22.4. The predicted molar refractivity (Wildman–Crippen MR) is 108 cm³/mol. The van der Waals surface area contributed by atoms with E-state index in [1.807, 2.05) is 11.5 Å². The summed E-state index contributed by atoms with van der Waals surface area (Å²) in [7, 11) is 0. The number of aromatic nitrogens is 3. The molecule has 2 heterocycles. The molecule has 1 N–H and O–H groups in total. The van der Waals surface area contributed by atoms with Crippen LogP contribution in [-0.4, -0.2) is 31.3 Å². The number of thioether (sulfide) groups is 1. The van der Waals surface area contributed by atoms with Gasteiger partial charge in [0.2, 0.25) is 11.7 Å². The second kappa shape index (κ2) is 9.02. The highest BCUT2D eigenvalue weighted by Gasteiger charge is 2.17. The van der Waals surface area contributed by atoms with Crippen LogP contribution in [0.3, 0.4) is 0 Å². The van der Waals surface area contributed by atoms with Gasteiger partial charge in [-0.25, -0.2) is 0 Å². The molecule has 0 radical (unpaired) electrons. The van der Waals surface area contributed by atoms with E-state index in [1.165, 1.54) is 36.0 Å². The SMILES string of the molecule is CCCn1c(SCC(=O)Nc2ccc([N+](=O)[O-])cc2)nnc1-c1ccc(Br)o1. The van der Waals surface area contributed by atoms with Gasteiger partial charge in [-0.1, -0.05) is 18.7 Å². The molecule has 0 aliphatic heterocycles. The highest BCUT2D eigenvalue weighted by Crippen LogP contribution is 2.27. The molecule has 0 spiro atoms. The van der Waals surface area contributed by atoms with Crippen LogP contribution in [0.1, 0.15) is 13.3 Å². The van der Waals surface area contributed by atoms with Gasteiger partial charge in [-0.2, -0.15) is 0 Å². The first kappa shape index (κ1) is 20.1. The first-order valence-electron chi connectivity index (χ1n) is 8.34. The Hall–Kier alpha value is -2.66. The summed E-state index contributed by atoms with van der Waals surface area (Å²) in [5.41, 5.74) is 0.462. The molecule has 0 saturated heterocycles. The molecule has 3 rings (SSSR count). The Labute approximate surface area is 172 Å². The topological polar surface area (TPSA) is 116 Å². The maximum absolute atomic E-state index is 12.2. The molecule has 28 heavy (non-hydrogen) atoms. The Morgan fingerprint density at radius 2 is 2.04 bits per heavy atom. The third-order valence-corrected chi connectivity index (χ3v) is 5.04. The molecule has 0 saturated carbocycles. The van der Waals surface area contributed by atoms with Crippen molar-refractivity contribution in [2.45, 2.75) is 25.0 Å². The molecule has 1 aromatic carbocycles. The fourth-order valence-corrected chi connectivity index (χ4v) is 3.50. The molecule has 11 heteroatoms. The quantitative estimate of drug-likeness (QED) is 0.298. The van der Waals surface area contributed by atoms with Crippen LogP contribution in [0, 0.1) is 10.1 Å². The highest BCUT2D eigenvalue weighted by molar-refractivity contribution is 9.10. The molecule has 0 unspecified atom stereocenters. The number of nitro groups is 1. The highest BCUT2D eigenvalue weighted by atomic mass is 79.9. The van der Waals surface area contributed by atoms with Crippen LogP contribution in [0.25, 0.3) is 11.6 Å². The number of anilines is 1. The van der Waals surface area contributed by atoms with Crippen molar-refractivity contribution in [3.05, 3.63) is 51.2 Å². The number of nitrogens with zero attached hydrogens (tertiary/aromatic N) is 4. The number of hydrogen-bond acceptors (Lipinski definition) is 7. The molecule has 0 bridgehead atoms. The number of nitrogens with one attached hydrogen (secondary N) is 1. The van der Waals surface area contributed by atoms with Crippen molar-refractivity contribution >= 4 is 45.0 Å². The number of carbonyl (C=O) groups excluding carboxylic acids is 1. The predicted octanol–water partition coefficient (Wildman–Crippen LogP) is 4.35. The summed E-state index contributed by atoms with van der Waals surface area (Å²) in [4.78, 5) is 22.4. The van der Waals surface area contributed by atoms with Crippen LogP contribution in [0.4, 0.5) is 11.4 Å². The van der Waals surface area contributed by atoms with Crippen molar-refractivity contribution in [1.82, 2.24) is 14.8 Å². The molecule has 0 fully saturated rings. The number of furan rings is 1. The first-order chi connectivity index (χ1) is 13.5. The van der Waals surface area contributed by atoms with Crippen molar-refractivity contribution in [3.63, 3.8) is 0 Å². The summed E-state index contributed by atoms with van der Waals surface area (Å²) < 4.78 is 8.07. The molecule has 0 atom stereocenters. The molecular weight excluding hydrogens is 450 g/mol. The number of halogens is 1. The van der Waals surface area contributed by atoms with Gasteiger partial charge in [0.25, 0.3) is 5.69 Å². The van der Waals surface area contributed by atoms with Crippen molar-refractivity contribution in [2.75, 3.05) is 11.1 Å². The van der Waals surface area contributed by atoms with Crippen molar-refractivity contribution in [1.29, 1.82) is 0 Å². The van der Waals surface area contributed by atoms with Crippen LogP contribution in [-0.2, 0) is 11.3 Å². The van der Waals surface area contributed by atoms with Gasteiger partial charge in [-0.15, -0.1) is 10.2 Å². The fraction of sp³-hybridized carbons (Fsp3) is 0.235. The second-order valence-corrected chi connectivity index (χ2v) is 7.43. The number of non-ortho nitro benzene ring substituents is 1. The Morgan fingerprint density at radius 3 is 2.64 bits per heavy atom. The minimum Gasteiger partial charge on any atom is -0.446 e. The summed E-state index contributed by atoms with van der Waals surface area (Å²) in [6, 6.07) is 9.25. The van der Waals surface area contributed by atoms with Gasteiger partial charge in [-0.05, 0) is 46.6 Å². The van der Waals surface area contributed by atoms with Crippen molar-refractivity contribution < 1.29 is 14.1 Å². The molecule has 0 aliphatic rings. The molecule has 146 valence electrons. The fourth-order valence-electron chi connectivity index (χ4n) is 2.43. The number of carbonyl (C=O) groups is 1. The average Bonchev–Trinajstić information content (AvgIpc) is 3.27. The van der Waals surface area contributed by atoms with Crippen LogP contribution < -0.4 is 5.32 Å². The molecule has 2 aromatic heterocycles. The smallest absolute Gasteiger partial charge is 0.269 e. The molecule has 0 aliphatic carbocycles. The largest absolute Gasteiger partial charge is 0.446 e. The zero-order chi connectivity index (χ0) is 20.1. The van der Waals surface area contributed by atoms with Crippen LogP contribution in [0.5, 0.6) is 0 Å². The van der Waals surface area contributed by atoms with E-state index in [1.54, 1.807) is 12.1 Å². The van der Waals surface area contributed by atoms with Crippen molar-refractivity contribution in [3.8, 4) is 11.6 Å². The van der Waals surface area contributed by atoms with Gasteiger partial charge in [-0.3, -0.25) is 19.5 Å². The lowest BCUT2D eigenvalue weighted by Gasteiger charge is -2.08. The van der Waals surface area contributed by atoms with Gasteiger partial charge in [0.15, 0.2) is 15.6 Å². The monoisotopic (exact) mass is 465 g/mol. The van der Waals surface area contributed by atoms with E-state index in [0.717, 1.165) is 6.42 Å². The number of amides is 1. The Balaban J connectivity index is 1.65. The van der Waals surface area contributed by atoms with E-state index in [4.69, 9.17) is 4.42 Å². The zero-order valence-electron chi connectivity index (χ0n) is 14.8. The van der Waals surface area contributed by atoms with Gasteiger partial charge in [0, 0.05) is 24.4 Å². The van der Waals surface area contributed by atoms with E-state index in [0.29, 0.717) is 33.6 Å². The Kier molecular flexibility index (Phi) is 6.47. The summed E-state index contributed by atoms with van der Waals surface area (Å²) >= 11 is 4.53. The number of hydrogen-bond donors (Lipinski definition) is 1. The zero-order valence-corrected chi connectivity index (χ0v) is 17.2. The number of benzene rings is 1. The van der Waals surface area contributed by atoms with Crippen LogP contribution in [0.2, 0.25) is 0 Å². The Bertz CT molecular complexity index is 986. The van der Waals surface area contributed by atoms with E-state index in [2.05, 4.69) is 31.4 Å². The summed E-state index contributed by atoms with van der Waals surface area (Å²) in [6.07, 6.45) is 0.871. The minimum absolute atomic E-state index is 0.0304. The minimum atomic E-state index is -0.489. The molecule has 1 amide bonds. The standard InChI is InChI=1S/C17H16BrN5O4S/c1-2-9-22-16(13-7-8-14(18)27-13)20-21-17(22)28-10-15(24)19-11-3-5-12(6-4-11)23(25)26/h3-8H,2,9-10H2,1H3,(H,19,24). The van der Waals surface area contributed by atoms with Gasteiger partial charge < -0.3 is 9.73 Å². The second-order valence-electron chi connectivity index (χ2n) is 5.70. The van der Waals surface area contributed by atoms with Gasteiger partial charge in [0.1, 0.15) is 0 Å². The molecular formula is C17H16BrN5O4S. The summed E-state index contributed by atoms with van der Waals surface area (Å²) in [6.45, 7) is 2.73. The van der Waals surface area contributed by atoms with Crippen molar-refractivity contribution in [2.24, 2.45) is 0 Å². The lowest BCUT2D eigenvalue weighted by atomic mass is 10.3. The van der Waals surface area contributed by atoms with Gasteiger partial charge >= 0.3 is 0 Å². The number of nitro benzene ring substituents is 1. The molecule has 9 nitrogen and oxygen atoms in total. The first-order valence-corrected chi connectivity index (χ1v) is 10.1. The van der Waals surface area contributed by atoms with Crippen LogP contribution >= 0.6 is 27.7 Å². The lowest BCUT2D eigenvalue weighted by Crippen LogP contribution is -2.14. The number of rotatable bonds is 8. The normalized spacial score (nSPS) is 10.8. The van der Waals surface area contributed by atoms with E-state index < -0.39 is 4.92 Å². The van der Waals surface area contributed by atoms with E-state index in [9.17, 15) is 14.9 Å². The average molecular weight is 466 g/mol. The third-order valence-electron chi connectivity index (χ3n) is 3.65. The van der Waals surface area contributed by atoms with Crippen LogP contribution in [0.15, 0.2) is 50.6 Å². The van der Waals surface area contributed by atoms with E-state index in [-0.39, 0.29) is 17.3 Å². The Morgan fingerprint density at radius 1 is 1.29 bits per heavy atom. The maximum Gasteiger partial charge on any atom is 0.269 e.